The maximum atomic E-state index is 12.7. The maximum absolute atomic E-state index is 12.7. The summed E-state index contributed by atoms with van der Waals surface area (Å²) in [5.74, 6) is 1.77. The molecule has 3 rings (SSSR count). The molecule has 7 nitrogen and oxygen atoms in total. The van der Waals surface area contributed by atoms with Gasteiger partial charge in [-0.3, -0.25) is 4.31 Å². The molecule has 1 aliphatic rings. The van der Waals surface area contributed by atoms with Gasteiger partial charge in [0, 0.05) is 25.7 Å². The van der Waals surface area contributed by atoms with Crippen LogP contribution in [0.5, 0.6) is 17.2 Å². The zero-order valence-electron chi connectivity index (χ0n) is 14.8. The molecule has 0 N–H and O–H groups in total. The minimum absolute atomic E-state index is 0.247. The largest absolute Gasteiger partial charge is 0.493 e. The first-order chi connectivity index (χ1) is 12.6. The van der Waals surface area contributed by atoms with Crippen LogP contribution in [0.25, 0.3) is 0 Å². The van der Waals surface area contributed by atoms with E-state index in [9.17, 15) is 8.42 Å². The lowest BCUT2D eigenvalue weighted by Gasteiger charge is -2.20. The Bertz CT molecular complexity index is 842. The van der Waals surface area contributed by atoms with Crippen molar-refractivity contribution in [2.45, 2.75) is 0 Å². The maximum Gasteiger partial charge on any atom is 0.304 e. The predicted molar refractivity (Wildman–Crippen MR) is 99.3 cm³/mol. The van der Waals surface area contributed by atoms with Gasteiger partial charge in [-0.05, 0) is 24.3 Å². The number of rotatable bonds is 7. The van der Waals surface area contributed by atoms with E-state index in [1.54, 1.807) is 44.6 Å². The van der Waals surface area contributed by atoms with Gasteiger partial charge in [-0.2, -0.15) is 12.7 Å². The van der Waals surface area contributed by atoms with Crippen molar-refractivity contribution in [3.8, 4) is 17.2 Å². The number of hydrogen-bond acceptors (Lipinski definition) is 5. The monoisotopic (exact) mass is 378 g/mol. The van der Waals surface area contributed by atoms with Gasteiger partial charge in [0.05, 0.1) is 19.9 Å². The van der Waals surface area contributed by atoms with Crippen LogP contribution >= 0.6 is 0 Å². The Morgan fingerprint density at radius 3 is 2.38 bits per heavy atom. The summed E-state index contributed by atoms with van der Waals surface area (Å²) in [5, 5.41) is 0. The van der Waals surface area contributed by atoms with Crippen LogP contribution in [0.15, 0.2) is 48.5 Å². The molecule has 0 saturated carbocycles. The van der Waals surface area contributed by atoms with Crippen LogP contribution in [-0.2, 0) is 10.2 Å². The van der Waals surface area contributed by atoms with Gasteiger partial charge in [-0.15, -0.1) is 0 Å². The van der Waals surface area contributed by atoms with E-state index in [1.165, 1.54) is 8.61 Å². The Labute approximate surface area is 153 Å². The van der Waals surface area contributed by atoms with Gasteiger partial charge in [0.25, 0.3) is 0 Å². The summed E-state index contributed by atoms with van der Waals surface area (Å²) in [4.78, 5) is 0. The highest BCUT2D eigenvalue weighted by molar-refractivity contribution is 7.90. The van der Waals surface area contributed by atoms with Crippen molar-refractivity contribution in [1.82, 2.24) is 4.31 Å². The summed E-state index contributed by atoms with van der Waals surface area (Å²) in [6.45, 7) is 1.40. The highest BCUT2D eigenvalue weighted by Gasteiger charge is 2.36. The molecule has 2 aromatic rings. The molecule has 1 fully saturated rings. The van der Waals surface area contributed by atoms with Gasteiger partial charge in [0.2, 0.25) is 0 Å². The standard InChI is InChI=1S/C18H22N2O5S/c1-23-17-9-8-16(14-18(17)24-2)25-13-12-19-10-11-20(26(19,21)22)15-6-4-3-5-7-15/h3-9,14H,10-13H2,1-2H3. The summed E-state index contributed by atoms with van der Waals surface area (Å²) in [6.07, 6.45) is 0. The summed E-state index contributed by atoms with van der Waals surface area (Å²) in [6, 6.07) is 14.3. The van der Waals surface area contributed by atoms with E-state index < -0.39 is 10.2 Å². The predicted octanol–water partition coefficient (Wildman–Crippen LogP) is 2.15. The van der Waals surface area contributed by atoms with Crippen LogP contribution in [0.1, 0.15) is 0 Å². The molecule has 0 aliphatic carbocycles. The molecule has 26 heavy (non-hydrogen) atoms. The van der Waals surface area contributed by atoms with E-state index >= 15 is 0 Å². The van der Waals surface area contributed by atoms with Crippen molar-refractivity contribution in [1.29, 1.82) is 0 Å². The molecule has 0 radical (unpaired) electrons. The molecular weight excluding hydrogens is 356 g/mol. The lowest BCUT2D eigenvalue weighted by atomic mass is 10.3. The fourth-order valence-electron chi connectivity index (χ4n) is 2.83. The second kappa shape index (κ2) is 7.84. The van der Waals surface area contributed by atoms with Gasteiger partial charge in [0.15, 0.2) is 11.5 Å². The molecule has 1 saturated heterocycles. The molecule has 0 spiro atoms. The minimum atomic E-state index is -3.52. The Balaban J connectivity index is 1.61. The second-order valence-corrected chi connectivity index (χ2v) is 7.53. The number of methoxy groups -OCH3 is 2. The Morgan fingerprint density at radius 2 is 1.69 bits per heavy atom. The van der Waals surface area contributed by atoms with Gasteiger partial charge in [-0.1, -0.05) is 18.2 Å². The Kier molecular flexibility index (Phi) is 5.53. The first-order valence-corrected chi connectivity index (χ1v) is 9.63. The second-order valence-electron chi connectivity index (χ2n) is 5.68. The molecule has 0 amide bonds. The van der Waals surface area contributed by atoms with E-state index in [4.69, 9.17) is 14.2 Å². The Morgan fingerprint density at radius 1 is 0.962 bits per heavy atom. The SMILES string of the molecule is COc1ccc(OCCN2CCN(c3ccccc3)S2(=O)=O)cc1OC. The molecule has 140 valence electrons. The van der Waals surface area contributed by atoms with Crippen molar-refractivity contribution >= 4 is 15.9 Å². The lowest BCUT2D eigenvalue weighted by Crippen LogP contribution is -2.35. The number of benzene rings is 2. The van der Waals surface area contributed by atoms with Crippen LogP contribution in [0.4, 0.5) is 5.69 Å². The average Bonchev–Trinajstić information content (AvgIpc) is 2.96. The third-order valence-corrected chi connectivity index (χ3v) is 6.13. The zero-order chi connectivity index (χ0) is 18.6. The summed E-state index contributed by atoms with van der Waals surface area (Å²) in [7, 11) is -0.400. The van der Waals surface area contributed by atoms with Crippen LogP contribution < -0.4 is 18.5 Å². The molecule has 8 heteroatoms. The molecule has 0 unspecified atom stereocenters. The lowest BCUT2D eigenvalue weighted by molar-refractivity contribution is 0.277. The molecule has 0 bridgehead atoms. The minimum Gasteiger partial charge on any atom is -0.493 e. The van der Waals surface area contributed by atoms with Crippen molar-refractivity contribution < 1.29 is 22.6 Å². The van der Waals surface area contributed by atoms with Crippen molar-refractivity contribution in [3.05, 3.63) is 48.5 Å². The summed E-state index contributed by atoms with van der Waals surface area (Å²) in [5.41, 5.74) is 0.677. The number of hydrogen-bond donors (Lipinski definition) is 0. The van der Waals surface area contributed by atoms with Gasteiger partial charge in [-0.25, -0.2) is 0 Å². The van der Waals surface area contributed by atoms with Gasteiger partial charge < -0.3 is 14.2 Å². The van der Waals surface area contributed by atoms with E-state index in [-0.39, 0.29) is 13.2 Å². The number of para-hydroxylation sites is 1. The topological polar surface area (TPSA) is 68.3 Å². The average molecular weight is 378 g/mol. The highest BCUT2D eigenvalue weighted by Crippen LogP contribution is 2.31. The smallest absolute Gasteiger partial charge is 0.304 e. The molecule has 1 heterocycles. The first-order valence-electron chi connectivity index (χ1n) is 8.24. The normalized spacial score (nSPS) is 16.5. The zero-order valence-corrected chi connectivity index (χ0v) is 15.6. The van der Waals surface area contributed by atoms with Crippen LogP contribution in [-0.4, -0.2) is 53.2 Å². The van der Waals surface area contributed by atoms with Crippen LogP contribution in [0.2, 0.25) is 0 Å². The van der Waals surface area contributed by atoms with Crippen molar-refractivity contribution in [2.75, 3.05) is 44.8 Å². The van der Waals surface area contributed by atoms with Gasteiger partial charge >= 0.3 is 10.2 Å². The van der Waals surface area contributed by atoms with Crippen LogP contribution in [0, 0.1) is 0 Å². The molecule has 1 aliphatic heterocycles. The molecule has 2 aromatic carbocycles. The molecule has 0 atom stereocenters. The Hall–Kier alpha value is -2.45. The third kappa shape index (κ3) is 3.71. The van der Waals surface area contributed by atoms with Crippen LogP contribution in [0.3, 0.4) is 0 Å². The quantitative estimate of drug-likeness (QED) is 0.738. The molecule has 0 aromatic heterocycles. The van der Waals surface area contributed by atoms with Gasteiger partial charge in [0.1, 0.15) is 12.4 Å². The van der Waals surface area contributed by atoms with Crippen molar-refractivity contribution in [2.24, 2.45) is 0 Å². The van der Waals surface area contributed by atoms with E-state index in [0.29, 0.717) is 36.0 Å². The first kappa shape index (κ1) is 18.3. The van der Waals surface area contributed by atoms with E-state index in [0.717, 1.165) is 0 Å². The van der Waals surface area contributed by atoms with Crippen molar-refractivity contribution in [3.63, 3.8) is 0 Å². The third-order valence-electron chi connectivity index (χ3n) is 4.17. The number of ether oxygens (including phenoxy) is 3. The van der Waals surface area contributed by atoms with E-state index in [2.05, 4.69) is 0 Å². The number of nitrogens with zero attached hydrogens (tertiary/aromatic N) is 2. The summed E-state index contributed by atoms with van der Waals surface area (Å²) < 4.78 is 44.3. The van der Waals surface area contributed by atoms with E-state index in [1.807, 2.05) is 18.2 Å². The summed E-state index contributed by atoms with van der Waals surface area (Å²) >= 11 is 0. The fraction of sp³-hybridized carbons (Fsp3) is 0.333. The number of anilines is 1. The highest BCUT2D eigenvalue weighted by atomic mass is 32.2. The molecular formula is C18H22N2O5S. The fourth-order valence-corrected chi connectivity index (χ4v) is 4.42.